The van der Waals surface area contributed by atoms with Gasteiger partial charge in [-0.15, -0.1) is 22.7 Å². The molecule has 0 bridgehead atoms. The maximum absolute atomic E-state index is 10.3. The summed E-state index contributed by atoms with van der Waals surface area (Å²) in [5.74, 6) is 0. The summed E-state index contributed by atoms with van der Waals surface area (Å²) in [7, 11) is 0. The van der Waals surface area contributed by atoms with Gasteiger partial charge in [-0.05, 0) is 128 Å². The number of thiophene rings is 2. The summed E-state index contributed by atoms with van der Waals surface area (Å²) in [6, 6.07) is 51.3. The average Bonchev–Trinajstić information content (AvgIpc) is 3.96. The van der Waals surface area contributed by atoms with Crippen LogP contribution in [0.2, 0.25) is 0 Å². The third kappa shape index (κ3) is 5.32. The summed E-state index contributed by atoms with van der Waals surface area (Å²) in [6.07, 6.45) is 5.64. The number of hydrogen-bond acceptors (Lipinski definition) is 5. The minimum absolute atomic E-state index is 0.117. The third-order valence-electron chi connectivity index (χ3n) is 11.7. The number of pyridine rings is 1. The van der Waals surface area contributed by atoms with Gasteiger partial charge >= 0.3 is 0 Å². The van der Waals surface area contributed by atoms with Crippen LogP contribution in [0.25, 0.3) is 54.4 Å². The Morgan fingerprint density at radius 3 is 1.78 bits per heavy atom. The Hall–Kier alpha value is -6.06. The quantitative estimate of drug-likeness (QED) is 0.159. The predicted molar refractivity (Wildman–Crippen MR) is 233 cm³/mol. The molecule has 8 aromatic rings. The second-order valence-corrected chi connectivity index (χ2v) is 17.8. The maximum Gasteiger partial charge on any atom is 0.101 e. The van der Waals surface area contributed by atoms with Crippen molar-refractivity contribution in [2.45, 2.75) is 38.5 Å². The Balaban J connectivity index is 1.09. The number of aromatic nitrogens is 1. The first-order valence-corrected chi connectivity index (χ1v) is 20.3. The molecule has 0 aliphatic heterocycles. The first kappa shape index (κ1) is 33.5. The molecular formula is C50H37N3S2. The van der Waals surface area contributed by atoms with Gasteiger partial charge in [-0.2, -0.15) is 5.26 Å². The molecule has 5 heteroatoms. The lowest BCUT2D eigenvalue weighted by Crippen LogP contribution is -2.18. The van der Waals surface area contributed by atoms with Crippen LogP contribution >= 0.6 is 22.7 Å². The Kier molecular flexibility index (Phi) is 7.61. The molecule has 3 nitrogen and oxygen atoms in total. The number of fused-ring (bicyclic) bond motifs is 7. The molecule has 2 aliphatic carbocycles. The van der Waals surface area contributed by atoms with Crippen LogP contribution in [-0.2, 0) is 10.8 Å². The van der Waals surface area contributed by atoms with Gasteiger partial charge in [0.2, 0.25) is 0 Å². The molecule has 10 rings (SSSR count). The van der Waals surface area contributed by atoms with Crippen molar-refractivity contribution in [2.24, 2.45) is 0 Å². The van der Waals surface area contributed by atoms with Crippen molar-refractivity contribution in [1.29, 1.82) is 5.26 Å². The normalized spacial score (nSPS) is 14.6. The van der Waals surface area contributed by atoms with E-state index in [1.165, 1.54) is 49.2 Å². The topological polar surface area (TPSA) is 39.9 Å². The van der Waals surface area contributed by atoms with E-state index in [-0.39, 0.29) is 10.8 Å². The third-order valence-corrected chi connectivity index (χ3v) is 13.9. The number of allylic oxidation sites excluding steroid dienone is 1. The standard InChI is InChI=1S/C50H37N3S2/c1-49(2)42-11-7-5-9-38(42)40-17-15-34(27-44(40)49)53(35-16-18-41-39-10-6-8-12-43(39)50(3,4)45(41)28-35)36-14-13-32-25-37(54-48(32)29-36)26-33(30-51)47-20-19-46(55-47)31-21-23-52-24-22-31/h5-29H,1-4H3/b33-26+. The van der Waals surface area contributed by atoms with Crippen LogP contribution in [0.4, 0.5) is 17.1 Å². The fraction of sp³-hybridized carbons (Fsp3) is 0.120. The summed E-state index contributed by atoms with van der Waals surface area (Å²) in [5.41, 5.74) is 15.6. The second kappa shape index (κ2) is 12.5. The summed E-state index contributed by atoms with van der Waals surface area (Å²) < 4.78 is 1.18. The molecule has 0 atom stereocenters. The van der Waals surface area contributed by atoms with Gasteiger partial charge < -0.3 is 4.90 Å². The molecule has 0 fully saturated rings. The van der Waals surface area contributed by atoms with Crippen molar-refractivity contribution >= 4 is 61.5 Å². The number of nitriles is 1. The van der Waals surface area contributed by atoms with E-state index in [1.807, 2.05) is 24.3 Å². The lowest BCUT2D eigenvalue weighted by Gasteiger charge is -2.29. The Morgan fingerprint density at radius 2 is 1.16 bits per heavy atom. The maximum atomic E-state index is 10.3. The Morgan fingerprint density at radius 1 is 0.600 bits per heavy atom. The molecule has 3 heterocycles. The van der Waals surface area contributed by atoms with Crippen LogP contribution in [0, 0.1) is 11.3 Å². The van der Waals surface area contributed by atoms with E-state index in [2.05, 4.69) is 159 Å². The summed E-state index contributed by atoms with van der Waals surface area (Å²) in [4.78, 5) is 9.72. The van der Waals surface area contributed by atoms with Crippen LogP contribution in [0.15, 0.2) is 146 Å². The lowest BCUT2D eigenvalue weighted by molar-refractivity contribution is 0.660. The zero-order valence-electron chi connectivity index (χ0n) is 31.1. The van der Waals surface area contributed by atoms with Gasteiger partial charge in [-0.3, -0.25) is 4.98 Å². The molecule has 0 saturated heterocycles. The number of anilines is 3. The Labute approximate surface area is 330 Å². The van der Waals surface area contributed by atoms with E-state index in [4.69, 9.17) is 0 Å². The van der Waals surface area contributed by atoms with Crippen molar-refractivity contribution in [3.05, 3.63) is 178 Å². The second-order valence-electron chi connectivity index (χ2n) is 15.6. The van der Waals surface area contributed by atoms with Crippen LogP contribution in [0.3, 0.4) is 0 Å². The lowest BCUT2D eigenvalue weighted by atomic mass is 9.82. The first-order valence-electron chi connectivity index (χ1n) is 18.7. The van der Waals surface area contributed by atoms with Crippen molar-refractivity contribution in [3.8, 4) is 38.8 Å². The van der Waals surface area contributed by atoms with E-state index in [0.29, 0.717) is 5.57 Å². The molecule has 0 N–H and O–H groups in total. The molecule has 55 heavy (non-hydrogen) atoms. The van der Waals surface area contributed by atoms with Gasteiger partial charge in [0.25, 0.3) is 0 Å². The molecule has 3 aromatic heterocycles. The fourth-order valence-corrected chi connectivity index (χ4v) is 10.8. The van der Waals surface area contributed by atoms with Crippen molar-refractivity contribution in [1.82, 2.24) is 4.98 Å². The minimum Gasteiger partial charge on any atom is -0.310 e. The number of nitrogens with zero attached hydrogens (tertiary/aromatic N) is 3. The van der Waals surface area contributed by atoms with E-state index >= 15 is 0 Å². The van der Waals surface area contributed by atoms with Gasteiger partial charge in [-0.1, -0.05) is 94.4 Å². The molecule has 0 amide bonds. The molecule has 0 unspecified atom stereocenters. The van der Waals surface area contributed by atoms with Gasteiger partial charge in [0.15, 0.2) is 0 Å². The van der Waals surface area contributed by atoms with E-state index < -0.39 is 0 Å². The van der Waals surface area contributed by atoms with Gasteiger partial charge in [0.1, 0.15) is 6.07 Å². The van der Waals surface area contributed by atoms with Crippen LogP contribution in [0.5, 0.6) is 0 Å². The van der Waals surface area contributed by atoms with E-state index in [1.54, 1.807) is 35.1 Å². The highest BCUT2D eigenvalue weighted by Gasteiger charge is 2.37. The van der Waals surface area contributed by atoms with Crippen molar-refractivity contribution in [2.75, 3.05) is 4.90 Å². The van der Waals surface area contributed by atoms with Crippen LogP contribution in [-0.4, -0.2) is 4.98 Å². The zero-order valence-corrected chi connectivity index (χ0v) is 32.7. The minimum atomic E-state index is -0.117. The highest BCUT2D eigenvalue weighted by Crippen LogP contribution is 2.53. The van der Waals surface area contributed by atoms with Gasteiger partial charge in [0.05, 0.1) is 5.57 Å². The Bertz CT molecular complexity index is 2790. The number of hydrogen-bond donors (Lipinski definition) is 0. The molecular weight excluding hydrogens is 707 g/mol. The largest absolute Gasteiger partial charge is 0.310 e. The molecule has 2 aliphatic rings. The zero-order chi connectivity index (χ0) is 37.5. The first-order chi connectivity index (χ1) is 26.7. The monoisotopic (exact) mass is 743 g/mol. The van der Waals surface area contributed by atoms with Gasteiger partial charge in [0, 0.05) is 59.6 Å². The smallest absolute Gasteiger partial charge is 0.101 e. The SMILES string of the molecule is CC1(C)c2ccccc2-c2ccc(N(c3ccc4c(c3)C(C)(C)c3ccccc3-4)c3ccc4cc(/C=C(\C#N)c5ccc(-c6ccncc6)s5)sc4c3)cc21. The van der Waals surface area contributed by atoms with E-state index in [9.17, 15) is 5.26 Å². The van der Waals surface area contributed by atoms with Crippen molar-refractivity contribution in [3.63, 3.8) is 0 Å². The van der Waals surface area contributed by atoms with E-state index in [0.717, 1.165) is 42.6 Å². The predicted octanol–water partition coefficient (Wildman–Crippen LogP) is 14.2. The van der Waals surface area contributed by atoms with Gasteiger partial charge in [-0.25, -0.2) is 0 Å². The van der Waals surface area contributed by atoms with Crippen LogP contribution in [0.1, 0.15) is 59.7 Å². The van der Waals surface area contributed by atoms with Crippen molar-refractivity contribution < 1.29 is 0 Å². The highest BCUT2D eigenvalue weighted by molar-refractivity contribution is 7.20. The summed E-state index contributed by atoms with van der Waals surface area (Å²) in [6.45, 7) is 9.39. The number of benzene rings is 5. The van der Waals surface area contributed by atoms with Crippen LogP contribution < -0.4 is 4.90 Å². The molecule has 0 radical (unpaired) electrons. The molecule has 264 valence electrons. The summed E-state index contributed by atoms with van der Waals surface area (Å²) in [5, 5.41) is 11.4. The molecule has 0 saturated carbocycles. The number of rotatable bonds is 6. The fourth-order valence-electron chi connectivity index (χ4n) is 8.82. The highest BCUT2D eigenvalue weighted by atomic mass is 32.1. The summed E-state index contributed by atoms with van der Waals surface area (Å²) >= 11 is 3.36. The molecule has 5 aromatic carbocycles. The average molecular weight is 744 g/mol. The molecule has 0 spiro atoms.